The molecule has 0 aliphatic carbocycles. The third-order valence-corrected chi connectivity index (χ3v) is 5.06. The first-order valence-corrected chi connectivity index (χ1v) is 11.6. The number of rotatable bonds is 8. The number of aromatic nitrogens is 2. The molecular formula is C25H27N3O4S. The Balaban J connectivity index is 1.91. The van der Waals surface area contributed by atoms with E-state index in [1.807, 2.05) is 69.3 Å². The van der Waals surface area contributed by atoms with E-state index in [2.05, 4.69) is 15.3 Å². The van der Waals surface area contributed by atoms with Gasteiger partial charge in [-0.15, -0.1) is 0 Å². The van der Waals surface area contributed by atoms with Crippen molar-refractivity contribution in [1.29, 1.82) is 0 Å². The Hall–Kier alpha value is -3.36. The zero-order chi connectivity index (χ0) is 23.8. The Bertz CT molecular complexity index is 1130. The molecule has 1 unspecified atom stereocenters. The molecule has 0 fully saturated rings. The van der Waals surface area contributed by atoms with Gasteiger partial charge in [-0.1, -0.05) is 75.4 Å². The summed E-state index contributed by atoms with van der Waals surface area (Å²) in [7, 11) is 0. The molecule has 33 heavy (non-hydrogen) atoms. The largest absolute Gasteiger partial charge is 0.438 e. The van der Waals surface area contributed by atoms with E-state index in [1.54, 1.807) is 12.1 Å². The van der Waals surface area contributed by atoms with Crippen LogP contribution in [-0.2, 0) is 22.9 Å². The van der Waals surface area contributed by atoms with Crippen LogP contribution in [0.25, 0.3) is 0 Å². The second-order valence-electron chi connectivity index (χ2n) is 8.45. The van der Waals surface area contributed by atoms with Gasteiger partial charge in [0.25, 0.3) is 5.91 Å². The Morgan fingerprint density at radius 3 is 2.36 bits per heavy atom. The number of benzene rings is 2. The minimum atomic E-state index is -2.13. The number of amides is 1. The van der Waals surface area contributed by atoms with Gasteiger partial charge in [-0.3, -0.25) is 4.79 Å². The molecule has 3 rings (SSSR count). The molecule has 2 atom stereocenters. The van der Waals surface area contributed by atoms with Crippen LogP contribution < -0.4 is 10.1 Å². The lowest BCUT2D eigenvalue weighted by Gasteiger charge is -2.20. The van der Waals surface area contributed by atoms with E-state index in [0.717, 1.165) is 11.0 Å². The van der Waals surface area contributed by atoms with Gasteiger partial charge in [-0.2, -0.15) is 4.98 Å². The van der Waals surface area contributed by atoms with Crippen LogP contribution in [0.1, 0.15) is 42.5 Å². The molecule has 1 amide bonds. The lowest BCUT2D eigenvalue weighted by Crippen LogP contribution is -2.35. The van der Waals surface area contributed by atoms with Crippen LogP contribution in [0.5, 0.6) is 11.6 Å². The average Bonchev–Trinajstić information content (AvgIpc) is 2.78. The standard InChI is InChI=1S/C25H27N3O4S/c1-25(2,3)24-26-17-21(23(28-24)32-20-12-8-5-9-13-20)22(29)27-19(14-15-33(30)31)16-18-10-6-4-7-11-18/h4-15,17,19H,16H2,1-3H3,(H,27,29)(H,30,31)/b15-14-/t19-/m1/s1. The highest BCUT2D eigenvalue weighted by molar-refractivity contribution is 7.82. The normalized spacial score (nSPS) is 13.5. The van der Waals surface area contributed by atoms with Crippen molar-refractivity contribution in [2.24, 2.45) is 0 Å². The fourth-order valence-corrected chi connectivity index (χ4v) is 3.33. The van der Waals surface area contributed by atoms with Crippen molar-refractivity contribution in [3.05, 3.63) is 95.3 Å². The molecule has 7 nitrogen and oxygen atoms in total. The Morgan fingerprint density at radius 1 is 1.12 bits per heavy atom. The van der Waals surface area contributed by atoms with Crippen LogP contribution in [0, 0.1) is 0 Å². The number of hydrogen-bond donors (Lipinski definition) is 2. The molecule has 1 heterocycles. The molecule has 0 aliphatic heterocycles. The summed E-state index contributed by atoms with van der Waals surface area (Å²) < 4.78 is 26.3. The first kappa shape index (κ1) is 24.3. The molecule has 3 aromatic rings. The summed E-state index contributed by atoms with van der Waals surface area (Å²) in [4.78, 5) is 22.1. The van der Waals surface area contributed by atoms with Gasteiger partial charge < -0.3 is 14.6 Å². The van der Waals surface area contributed by atoms with E-state index in [0.29, 0.717) is 18.0 Å². The maximum atomic E-state index is 13.2. The van der Waals surface area contributed by atoms with Gasteiger partial charge in [-0.05, 0) is 24.1 Å². The molecule has 0 bridgehead atoms. The molecule has 0 saturated carbocycles. The summed E-state index contributed by atoms with van der Waals surface area (Å²) in [5.74, 6) is 0.783. The molecule has 172 valence electrons. The number of ether oxygens (including phenoxy) is 1. The van der Waals surface area contributed by atoms with Gasteiger partial charge in [0.2, 0.25) is 5.88 Å². The van der Waals surface area contributed by atoms with Gasteiger partial charge >= 0.3 is 0 Å². The number of nitrogens with zero attached hydrogens (tertiary/aromatic N) is 2. The molecule has 2 N–H and O–H groups in total. The minimum Gasteiger partial charge on any atom is -0.438 e. The topological polar surface area (TPSA) is 101 Å². The fourth-order valence-electron chi connectivity index (χ4n) is 3.00. The fraction of sp³-hybridized carbons (Fsp3) is 0.240. The van der Waals surface area contributed by atoms with Gasteiger partial charge in [-0.25, -0.2) is 9.19 Å². The Labute approximate surface area is 196 Å². The second-order valence-corrected chi connectivity index (χ2v) is 9.28. The van der Waals surface area contributed by atoms with E-state index < -0.39 is 23.0 Å². The van der Waals surface area contributed by atoms with E-state index in [4.69, 9.17) is 9.29 Å². The quantitative estimate of drug-likeness (QED) is 0.470. The summed E-state index contributed by atoms with van der Waals surface area (Å²) in [6.07, 6.45) is 3.40. The molecule has 2 aromatic carbocycles. The zero-order valence-corrected chi connectivity index (χ0v) is 19.6. The van der Waals surface area contributed by atoms with Gasteiger partial charge in [0.1, 0.15) is 17.1 Å². The van der Waals surface area contributed by atoms with E-state index >= 15 is 0 Å². The smallest absolute Gasteiger partial charge is 0.258 e. The minimum absolute atomic E-state index is 0.145. The van der Waals surface area contributed by atoms with Crippen molar-refractivity contribution in [2.75, 3.05) is 0 Å². The predicted octanol–water partition coefficient (Wildman–Crippen LogP) is 4.64. The van der Waals surface area contributed by atoms with Gasteiger partial charge in [0, 0.05) is 17.0 Å². The molecule has 1 aromatic heterocycles. The Morgan fingerprint density at radius 2 is 1.76 bits per heavy atom. The number of para-hydroxylation sites is 1. The average molecular weight is 466 g/mol. The van der Waals surface area contributed by atoms with Crippen LogP contribution in [-0.4, -0.2) is 30.7 Å². The van der Waals surface area contributed by atoms with Crippen LogP contribution in [0.4, 0.5) is 0 Å². The van der Waals surface area contributed by atoms with Crippen LogP contribution in [0.3, 0.4) is 0 Å². The molecular weight excluding hydrogens is 438 g/mol. The van der Waals surface area contributed by atoms with Crippen LogP contribution in [0.2, 0.25) is 0 Å². The van der Waals surface area contributed by atoms with Crippen LogP contribution >= 0.6 is 0 Å². The maximum Gasteiger partial charge on any atom is 0.258 e. The van der Waals surface area contributed by atoms with Crippen molar-refractivity contribution in [2.45, 2.75) is 38.6 Å². The SMILES string of the molecule is CC(C)(C)c1ncc(C(=O)N[C@H](/C=C\S(=O)O)Cc2ccccc2)c(Oc2ccccc2)n1. The first-order chi connectivity index (χ1) is 15.7. The number of nitrogens with one attached hydrogen (secondary N) is 1. The number of carbonyl (C=O) groups is 1. The summed E-state index contributed by atoms with van der Waals surface area (Å²) in [5.41, 5.74) is 0.799. The summed E-state index contributed by atoms with van der Waals surface area (Å²) in [6.45, 7) is 5.93. The third-order valence-electron chi connectivity index (χ3n) is 4.67. The molecule has 8 heteroatoms. The molecule has 0 aliphatic rings. The predicted molar refractivity (Wildman–Crippen MR) is 129 cm³/mol. The van der Waals surface area contributed by atoms with E-state index in [9.17, 15) is 9.00 Å². The lowest BCUT2D eigenvalue weighted by molar-refractivity contribution is 0.0940. The van der Waals surface area contributed by atoms with Crippen molar-refractivity contribution < 1.29 is 18.3 Å². The summed E-state index contributed by atoms with van der Waals surface area (Å²) >= 11 is -2.13. The van der Waals surface area contributed by atoms with Crippen molar-refractivity contribution in [1.82, 2.24) is 15.3 Å². The molecule has 0 saturated heterocycles. The maximum absolute atomic E-state index is 13.2. The highest BCUT2D eigenvalue weighted by Crippen LogP contribution is 2.27. The zero-order valence-electron chi connectivity index (χ0n) is 18.8. The highest BCUT2D eigenvalue weighted by atomic mass is 32.2. The third kappa shape index (κ3) is 7.34. The number of carbonyl (C=O) groups excluding carboxylic acids is 1. The van der Waals surface area contributed by atoms with Gasteiger partial charge in [0.15, 0.2) is 11.1 Å². The van der Waals surface area contributed by atoms with Crippen LogP contribution in [0.15, 0.2) is 78.3 Å². The van der Waals surface area contributed by atoms with Crippen molar-refractivity contribution >= 4 is 17.0 Å². The van der Waals surface area contributed by atoms with Crippen molar-refractivity contribution in [3.8, 4) is 11.6 Å². The van der Waals surface area contributed by atoms with E-state index in [1.165, 1.54) is 12.3 Å². The lowest BCUT2D eigenvalue weighted by atomic mass is 9.95. The first-order valence-electron chi connectivity index (χ1n) is 10.5. The second kappa shape index (κ2) is 11.0. The highest BCUT2D eigenvalue weighted by Gasteiger charge is 2.24. The van der Waals surface area contributed by atoms with E-state index in [-0.39, 0.29) is 16.9 Å². The molecule has 0 spiro atoms. The van der Waals surface area contributed by atoms with Gasteiger partial charge in [0.05, 0.1) is 6.04 Å². The Kier molecular flexibility index (Phi) is 8.08. The number of hydrogen-bond acceptors (Lipinski definition) is 5. The summed E-state index contributed by atoms with van der Waals surface area (Å²) in [5, 5.41) is 4.02. The monoisotopic (exact) mass is 465 g/mol. The summed E-state index contributed by atoms with van der Waals surface area (Å²) in [6, 6.07) is 18.1. The van der Waals surface area contributed by atoms with Crippen molar-refractivity contribution in [3.63, 3.8) is 0 Å². The molecule has 0 radical (unpaired) electrons.